The van der Waals surface area contributed by atoms with Crippen molar-refractivity contribution in [2.45, 2.75) is 19.8 Å². The van der Waals surface area contributed by atoms with Gasteiger partial charge >= 0.3 is 0 Å². The van der Waals surface area contributed by atoms with Crippen LogP contribution in [0.25, 0.3) is 11.3 Å². The highest BCUT2D eigenvalue weighted by molar-refractivity contribution is 5.67. The molecule has 3 aromatic rings. The number of rotatable bonds is 4. The number of nitrogens with zero attached hydrogens (tertiary/aromatic N) is 3. The van der Waals surface area contributed by atoms with E-state index >= 15 is 0 Å². The van der Waals surface area contributed by atoms with E-state index in [4.69, 9.17) is 9.97 Å². The van der Waals surface area contributed by atoms with E-state index in [0.717, 1.165) is 41.8 Å². The molecule has 0 aliphatic carbocycles. The van der Waals surface area contributed by atoms with Crippen molar-refractivity contribution in [1.29, 1.82) is 0 Å². The van der Waals surface area contributed by atoms with Crippen LogP contribution in [0.3, 0.4) is 0 Å². The summed E-state index contributed by atoms with van der Waals surface area (Å²) in [6.45, 7) is 4.15. The quantitative estimate of drug-likeness (QED) is 0.746. The van der Waals surface area contributed by atoms with Gasteiger partial charge in [0.15, 0.2) is 0 Å². The number of aryl methyl sites for hydroxylation is 1. The minimum absolute atomic E-state index is 0.813. The molecule has 0 spiro atoms. The molecule has 2 aromatic carbocycles. The third-order valence-corrected chi connectivity index (χ3v) is 4.50. The molecule has 0 atom stereocenters. The molecule has 4 rings (SSSR count). The number of aromatic nitrogens is 2. The first kappa shape index (κ1) is 15.6. The molecule has 1 N–H and O–H groups in total. The van der Waals surface area contributed by atoms with E-state index < -0.39 is 0 Å². The Labute approximate surface area is 148 Å². The third kappa shape index (κ3) is 3.63. The SMILES string of the molecule is Cc1ccc(Nc2cc(-c3ccccc3)nc(N3CCCC3)n2)cc1. The molecule has 4 nitrogen and oxygen atoms in total. The second-order valence-electron chi connectivity index (χ2n) is 6.49. The Morgan fingerprint density at radius 1 is 0.880 bits per heavy atom. The van der Waals surface area contributed by atoms with Gasteiger partial charge in [-0.25, -0.2) is 4.98 Å². The predicted octanol–water partition coefficient (Wildman–Crippen LogP) is 4.80. The molecule has 0 radical (unpaired) electrons. The maximum Gasteiger partial charge on any atom is 0.227 e. The topological polar surface area (TPSA) is 41.1 Å². The van der Waals surface area contributed by atoms with Crippen molar-refractivity contribution in [3.63, 3.8) is 0 Å². The highest BCUT2D eigenvalue weighted by Crippen LogP contribution is 2.26. The molecule has 0 bridgehead atoms. The van der Waals surface area contributed by atoms with Gasteiger partial charge in [-0.05, 0) is 31.9 Å². The van der Waals surface area contributed by atoms with Crippen LogP contribution in [-0.4, -0.2) is 23.1 Å². The van der Waals surface area contributed by atoms with Crippen LogP contribution < -0.4 is 10.2 Å². The lowest BCUT2D eigenvalue weighted by molar-refractivity contribution is 0.902. The second kappa shape index (κ2) is 6.93. The van der Waals surface area contributed by atoms with Crippen LogP contribution >= 0.6 is 0 Å². The molecular weight excluding hydrogens is 308 g/mol. The van der Waals surface area contributed by atoms with Crippen LogP contribution in [0.2, 0.25) is 0 Å². The summed E-state index contributed by atoms with van der Waals surface area (Å²) in [5, 5.41) is 3.43. The van der Waals surface area contributed by atoms with Crippen LogP contribution in [0, 0.1) is 6.92 Å². The van der Waals surface area contributed by atoms with Gasteiger partial charge in [-0.2, -0.15) is 4.98 Å². The van der Waals surface area contributed by atoms with Gasteiger partial charge in [0.05, 0.1) is 5.69 Å². The Kier molecular flexibility index (Phi) is 4.34. The van der Waals surface area contributed by atoms with Crippen molar-refractivity contribution >= 4 is 17.5 Å². The molecule has 0 saturated carbocycles. The Hall–Kier alpha value is -2.88. The number of hydrogen-bond acceptors (Lipinski definition) is 4. The maximum atomic E-state index is 4.82. The molecule has 1 aliphatic heterocycles. The highest BCUT2D eigenvalue weighted by Gasteiger charge is 2.17. The monoisotopic (exact) mass is 330 g/mol. The fourth-order valence-corrected chi connectivity index (χ4v) is 3.10. The minimum atomic E-state index is 0.813. The Balaban J connectivity index is 1.71. The minimum Gasteiger partial charge on any atom is -0.341 e. The fourth-order valence-electron chi connectivity index (χ4n) is 3.10. The zero-order valence-corrected chi connectivity index (χ0v) is 14.4. The average Bonchev–Trinajstić information content (AvgIpc) is 3.19. The maximum absolute atomic E-state index is 4.82. The summed E-state index contributed by atoms with van der Waals surface area (Å²) in [7, 11) is 0. The lowest BCUT2D eigenvalue weighted by atomic mass is 10.1. The van der Waals surface area contributed by atoms with Gasteiger partial charge < -0.3 is 10.2 Å². The van der Waals surface area contributed by atoms with Crippen molar-refractivity contribution in [2.75, 3.05) is 23.3 Å². The van der Waals surface area contributed by atoms with E-state index in [0.29, 0.717) is 0 Å². The Morgan fingerprint density at radius 2 is 1.60 bits per heavy atom. The molecule has 0 amide bonds. The summed E-state index contributed by atoms with van der Waals surface area (Å²) in [6, 6.07) is 20.7. The Morgan fingerprint density at radius 3 is 2.32 bits per heavy atom. The average molecular weight is 330 g/mol. The Bertz CT molecular complexity index is 838. The number of hydrogen-bond donors (Lipinski definition) is 1. The van der Waals surface area contributed by atoms with Gasteiger partial charge in [-0.3, -0.25) is 0 Å². The molecular formula is C21H22N4. The van der Waals surface area contributed by atoms with E-state index in [-0.39, 0.29) is 0 Å². The standard InChI is InChI=1S/C21H22N4/c1-16-9-11-18(12-10-16)22-20-15-19(17-7-3-2-4-8-17)23-21(24-20)25-13-5-6-14-25/h2-4,7-12,15H,5-6,13-14H2,1H3,(H,22,23,24). The predicted molar refractivity (Wildman–Crippen MR) is 103 cm³/mol. The van der Waals surface area contributed by atoms with Gasteiger partial charge in [0.2, 0.25) is 5.95 Å². The first-order chi connectivity index (χ1) is 12.3. The largest absolute Gasteiger partial charge is 0.341 e. The lowest BCUT2D eigenvalue weighted by Gasteiger charge is -2.18. The van der Waals surface area contributed by atoms with Crippen molar-refractivity contribution in [2.24, 2.45) is 0 Å². The van der Waals surface area contributed by atoms with E-state index in [1.807, 2.05) is 24.3 Å². The third-order valence-electron chi connectivity index (χ3n) is 4.50. The molecule has 1 saturated heterocycles. The lowest BCUT2D eigenvalue weighted by Crippen LogP contribution is -2.21. The number of anilines is 3. The van der Waals surface area contributed by atoms with Crippen LogP contribution in [0.15, 0.2) is 60.7 Å². The van der Waals surface area contributed by atoms with Gasteiger partial charge in [0.25, 0.3) is 0 Å². The van der Waals surface area contributed by atoms with E-state index in [1.54, 1.807) is 0 Å². The van der Waals surface area contributed by atoms with Crippen molar-refractivity contribution < 1.29 is 0 Å². The number of nitrogens with one attached hydrogen (secondary N) is 1. The molecule has 0 unspecified atom stereocenters. The van der Waals surface area contributed by atoms with Crippen LogP contribution in [0.1, 0.15) is 18.4 Å². The van der Waals surface area contributed by atoms with Crippen LogP contribution in [0.5, 0.6) is 0 Å². The highest BCUT2D eigenvalue weighted by atomic mass is 15.3. The van der Waals surface area contributed by atoms with Gasteiger partial charge in [-0.1, -0.05) is 48.0 Å². The summed E-state index contributed by atoms with van der Waals surface area (Å²) in [5.74, 6) is 1.65. The molecule has 2 heterocycles. The summed E-state index contributed by atoms with van der Waals surface area (Å²) in [5.41, 5.74) is 4.34. The summed E-state index contributed by atoms with van der Waals surface area (Å²) >= 11 is 0. The molecule has 1 aliphatic rings. The number of benzene rings is 2. The molecule has 4 heteroatoms. The van der Waals surface area contributed by atoms with Gasteiger partial charge in [-0.15, -0.1) is 0 Å². The van der Waals surface area contributed by atoms with Crippen molar-refractivity contribution in [3.8, 4) is 11.3 Å². The smallest absolute Gasteiger partial charge is 0.227 e. The first-order valence-corrected chi connectivity index (χ1v) is 8.81. The second-order valence-corrected chi connectivity index (χ2v) is 6.49. The van der Waals surface area contributed by atoms with Crippen molar-refractivity contribution in [1.82, 2.24) is 9.97 Å². The zero-order chi connectivity index (χ0) is 17.1. The fraction of sp³-hybridized carbons (Fsp3) is 0.238. The summed E-state index contributed by atoms with van der Waals surface area (Å²) in [6.07, 6.45) is 2.42. The molecule has 1 fully saturated rings. The van der Waals surface area contributed by atoms with Gasteiger partial charge in [0.1, 0.15) is 5.82 Å². The van der Waals surface area contributed by atoms with Crippen LogP contribution in [-0.2, 0) is 0 Å². The van der Waals surface area contributed by atoms with E-state index in [2.05, 4.69) is 53.5 Å². The van der Waals surface area contributed by atoms with E-state index in [9.17, 15) is 0 Å². The van der Waals surface area contributed by atoms with Crippen molar-refractivity contribution in [3.05, 3.63) is 66.2 Å². The molecule has 1 aromatic heterocycles. The first-order valence-electron chi connectivity index (χ1n) is 8.81. The summed E-state index contributed by atoms with van der Waals surface area (Å²) < 4.78 is 0. The van der Waals surface area contributed by atoms with Crippen LogP contribution in [0.4, 0.5) is 17.5 Å². The summed E-state index contributed by atoms with van der Waals surface area (Å²) in [4.78, 5) is 11.8. The van der Waals surface area contributed by atoms with Gasteiger partial charge in [0, 0.05) is 30.4 Å². The molecule has 126 valence electrons. The normalized spacial score (nSPS) is 13.9. The van der Waals surface area contributed by atoms with E-state index in [1.165, 1.54) is 18.4 Å². The zero-order valence-electron chi connectivity index (χ0n) is 14.4. The molecule has 25 heavy (non-hydrogen) atoms.